The Kier molecular flexibility index (Phi) is 1.31. The molecular formula is C8H12N. The molecule has 1 radical (unpaired) electrons. The van der Waals surface area contributed by atoms with Gasteiger partial charge in [0.1, 0.15) is 0 Å². The third-order valence-corrected chi connectivity index (χ3v) is 2.39. The van der Waals surface area contributed by atoms with E-state index in [1.165, 1.54) is 19.3 Å². The van der Waals surface area contributed by atoms with Gasteiger partial charge >= 0.3 is 0 Å². The molecule has 0 N–H and O–H groups in total. The summed E-state index contributed by atoms with van der Waals surface area (Å²) in [6.07, 6.45) is 8.42. The van der Waals surface area contributed by atoms with Crippen LogP contribution >= 0.6 is 0 Å². The van der Waals surface area contributed by atoms with E-state index in [1.54, 1.807) is 0 Å². The highest BCUT2D eigenvalue weighted by molar-refractivity contribution is 5.00. The van der Waals surface area contributed by atoms with Gasteiger partial charge in [-0.05, 0) is 25.2 Å². The lowest BCUT2D eigenvalue weighted by Gasteiger charge is -2.18. The maximum absolute atomic E-state index is 4.51. The van der Waals surface area contributed by atoms with Crippen LogP contribution in [0.1, 0.15) is 19.3 Å². The Labute approximate surface area is 56.1 Å². The fourth-order valence-electron chi connectivity index (χ4n) is 1.80. The summed E-state index contributed by atoms with van der Waals surface area (Å²) < 4.78 is 0. The van der Waals surface area contributed by atoms with E-state index in [2.05, 4.69) is 17.5 Å². The second-order valence-electron chi connectivity index (χ2n) is 2.97. The molecule has 1 nitrogen and oxygen atoms in total. The molecule has 0 aromatic heterocycles. The summed E-state index contributed by atoms with van der Waals surface area (Å²) in [7, 11) is 0. The maximum Gasteiger partial charge on any atom is 0.0312 e. The van der Waals surface area contributed by atoms with Gasteiger partial charge in [-0.2, -0.15) is 0 Å². The first-order valence-electron chi connectivity index (χ1n) is 3.78. The van der Waals surface area contributed by atoms with Crippen LogP contribution in [0.3, 0.4) is 0 Å². The molecule has 2 aliphatic rings. The largest absolute Gasteiger partial charge is 0.238 e. The number of fused-ring (bicyclic) bond motifs is 1. The number of allylic oxidation sites excluding steroid dienone is 1. The van der Waals surface area contributed by atoms with Crippen molar-refractivity contribution in [3.8, 4) is 0 Å². The monoisotopic (exact) mass is 122 g/mol. The molecule has 0 saturated carbocycles. The first kappa shape index (κ1) is 5.48. The van der Waals surface area contributed by atoms with Crippen LogP contribution in [-0.4, -0.2) is 12.6 Å². The standard InChI is InChI=1S/C8H12N/c1-2-4-8-7(3-1)5-6-9-8/h1-2,7-8H,3-6H2/t7-,8+/m0/s1. The number of hydrogen-bond donors (Lipinski definition) is 0. The second kappa shape index (κ2) is 2.14. The summed E-state index contributed by atoms with van der Waals surface area (Å²) in [5, 5.41) is 4.51. The summed E-state index contributed by atoms with van der Waals surface area (Å²) in [6, 6.07) is 0.704. The molecular weight excluding hydrogens is 110 g/mol. The molecule has 0 aromatic carbocycles. The number of rotatable bonds is 0. The highest BCUT2D eigenvalue weighted by Gasteiger charge is 2.27. The van der Waals surface area contributed by atoms with Crippen molar-refractivity contribution in [3.05, 3.63) is 12.2 Å². The Morgan fingerprint density at radius 2 is 2.11 bits per heavy atom. The Morgan fingerprint density at radius 3 is 3.00 bits per heavy atom. The zero-order valence-electron chi connectivity index (χ0n) is 5.59. The molecule has 0 aromatic rings. The Balaban J connectivity index is 2.07. The van der Waals surface area contributed by atoms with Crippen LogP contribution in [0.2, 0.25) is 0 Å². The second-order valence-corrected chi connectivity index (χ2v) is 2.97. The minimum Gasteiger partial charge on any atom is -0.238 e. The van der Waals surface area contributed by atoms with E-state index in [0.29, 0.717) is 6.04 Å². The van der Waals surface area contributed by atoms with Gasteiger partial charge in [0.15, 0.2) is 0 Å². The molecule has 1 heteroatoms. The van der Waals surface area contributed by atoms with Gasteiger partial charge in [0.05, 0.1) is 0 Å². The Hall–Kier alpha value is -0.300. The molecule has 0 bridgehead atoms. The van der Waals surface area contributed by atoms with Crippen LogP contribution in [-0.2, 0) is 0 Å². The summed E-state index contributed by atoms with van der Waals surface area (Å²) in [4.78, 5) is 0. The van der Waals surface area contributed by atoms with Crippen molar-refractivity contribution in [1.29, 1.82) is 0 Å². The van der Waals surface area contributed by atoms with Crippen LogP contribution in [0.5, 0.6) is 0 Å². The Morgan fingerprint density at radius 1 is 1.22 bits per heavy atom. The highest BCUT2D eigenvalue weighted by atomic mass is 14.9. The average molecular weight is 122 g/mol. The third kappa shape index (κ3) is 0.897. The molecule has 1 saturated heterocycles. The molecule has 2 rings (SSSR count). The zero-order valence-corrected chi connectivity index (χ0v) is 5.59. The van der Waals surface area contributed by atoms with E-state index in [9.17, 15) is 0 Å². The van der Waals surface area contributed by atoms with Crippen LogP contribution in [0.25, 0.3) is 0 Å². The topological polar surface area (TPSA) is 14.1 Å². The smallest absolute Gasteiger partial charge is 0.0312 e. The van der Waals surface area contributed by atoms with Crippen LogP contribution in [0, 0.1) is 5.92 Å². The number of nitrogens with zero attached hydrogens (tertiary/aromatic N) is 1. The van der Waals surface area contributed by atoms with Gasteiger partial charge in [0, 0.05) is 12.6 Å². The van der Waals surface area contributed by atoms with Gasteiger partial charge in [-0.25, -0.2) is 5.32 Å². The van der Waals surface area contributed by atoms with Crippen molar-refractivity contribution in [1.82, 2.24) is 5.32 Å². The molecule has 0 spiro atoms. The lowest BCUT2D eigenvalue weighted by Crippen LogP contribution is -2.22. The quantitative estimate of drug-likeness (QED) is 0.430. The van der Waals surface area contributed by atoms with Gasteiger partial charge in [0.2, 0.25) is 0 Å². The summed E-state index contributed by atoms with van der Waals surface area (Å²) in [6.45, 7) is 1.12. The van der Waals surface area contributed by atoms with Crippen LogP contribution < -0.4 is 5.32 Å². The van der Waals surface area contributed by atoms with Gasteiger partial charge in [-0.1, -0.05) is 12.2 Å². The van der Waals surface area contributed by atoms with Gasteiger partial charge < -0.3 is 0 Å². The van der Waals surface area contributed by atoms with Crippen molar-refractivity contribution in [2.45, 2.75) is 25.3 Å². The molecule has 1 aliphatic heterocycles. The van der Waals surface area contributed by atoms with Crippen molar-refractivity contribution >= 4 is 0 Å². The SMILES string of the molecule is C1=CC[C@H]2[N]CC[C@@H]2C1. The van der Waals surface area contributed by atoms with Crippen LogP contribution in [0.4, 0.5) is 0 Å². The Bertz CT molecular complexity index is 115. The van der Waals surface area contributed by atoms with Crippen molar-refractivity contribution in [2.75, 3.05) is 6.54 Å². The van der Waals surface area contributed by atoms with E-state index < -0.39 is 0 Å². The lowest BCUT2D eigenvalue weighted by molar-refractivity contribution is 0.435. The molecule has 0 unspecified atom stereocenters. The van der Waals surface area contributed by atoms with E-state index in [1.807, 2.05) is 0 Å². The van der Waals surface area contributed by atoms with Gasteiger partial charge in [-0.15, -0.1) is 0 Å². The molecule has 49 valence electrons. The average Bonchev–Trinajstić information content (AvgIpc) is 2.33. The first-order chi connectivity index (χ1) is 4.47. The fraction of sp³-hybridized carbons (Fsp3) is 0.750. The van der Waals surface area contributed by atoms with Gasteiger partial charge in [0.25, 0.3) is 0 Å². The minimum atomic E-state index is 0.704. The van der Waals surface area contributed by atoms with Crippen molar-refractivity contribution in [3.63, 3.8) is 0 Å². The minimum absolute atomic E-state index is 0.704. The molecule has 1 heterocycles. The van der Waals surface area contributed by atoms with E-state index in [4.69, 9.17) is 0 Å². The maximum atomic E-state index is 4.51. The van der Waals surface area contributed by atoms with E-state index in [-0.39, 0.29) is 0 Å². The molecule has 0 amide bonds. The summed E-state index contributed by atoms with van der Waals surface area (Å²) in [5.74, 6) is 0.912. The molecule has 1 fully saturated rings. The summed E-state index contributed by atoms with van der Waals surface area (Å²) in [5.41, 5.74) is 0. The molecule has 1 aliphatic carbocycles. The summed E-state index contributed by atoms with van der Waals surface area (Å²) >= 11 is 0. The predicted molar refractivity (Wildman–Crippen MR) is 37.3 cm³/mol. The van der Waals surface area contributed by atoms with Crippen molar-refractivity contribution in [2.24, 2.45) is 5.92 Å². The lowest BCUT2D eigenvalue weighted by atomic mass is 9.90. The third-order valence-electron chi connectivity index (χ3n) is 2.39. The highest BCUT2D eigenvalue weighted by Crippen LogP contribution is 2.27. The number of hydrogen-bond acceptors (Lipinski definition) is 0. The van der Waals surface area contributed by atoms with Crippen LogP contribution in [0.15, 0.2) is 12.2 Å². The van der Waals surface area contributed by atoms with E-state index in [0.717, 1.165) is 12.5 Å². The van der Waals surface area contributed by atoms with E-state index >= 15 is 0 Å². The van der Waals surface area contributed by atoms with Crippen molar-refractivity contribution < 1.29 is 0 Å². The predicted octanol–water partition coefficient (Wildman–Crippen LogP) is 1.33. The normalized spacial score (nSPS) is 40.9. The molecule has 2 atom stereocenters. The zero-order chi connectivity index (χ0) is 6.10. The first-order valence-corrected chi connectivity index (χ1v) is 3.78. The van der Waals surface area contributed by atoms with Gasteiger partial charge in [-0.3, -0.25) is 0 Å². The fourth-order valence-corrected chi connectivity index (χ4v) is 1.80. The molecule has 9 heavy (non-hydrogen) atoms.